The smallest absolute Gasteiger partial charge is 0.338 e. The topological polar surface area (TPSA) is 150 Å². The number of aliphatic hydroxyl groups excluding tert-OH is 1. The number of aliphatic hydroxyl groups is 1. The second-order valence-corrected chi connectivity index (χ2v) is 18.8. The van der Waals surface area contributed by atoms with E-state index in [4.69, 9.17) is 44.3 Å². The van der Waals surface area contributed by atoms with Crippen molar-refractivity contribution >= 4 is 58.4 Å². The fraction of sp³-hybridized carbons (Fsp3) is 0.500. The lowest BCUT2D eigenvalue weighted by atomic mass is 9.87. The minimum Gasteiger partial charge on any atom is -0.432 e. The Balaban J connectivity index is 1.24. The first-order valence-electron chi connectivity index (χ1n) is 19.2. The van der Waals surface area contributed by atoms with Crippen LogP contribution in [-0.4, -0.2) is 104 Å². The Morgan fingerprint density at radius 2 is 1.72 bits per heavy atom. The lowest BCUT2D eigenvalue weighted by Gasteiger charge is -2.42. The first-order valence-corrected chi connectivity index (χ1v) is 20.4. The maximum atomic E-state index is 14.7. The molecule has 1 aromatic heterocycles. The van der Waals surface area contributed by atoms with Crippen LogP contribution < -0.4 is 10.6 Å². The fourth-order valence-corrected chi connectivity index (χ4v) is 8.23. The van der Waals surface area contributed by atoms with Crippen molar-refractivity contribution in [3.8, 4) is 0 Å². The highest BCUT2D eigenvalue weighted by molar-refractivity contribution is 6.67. The van der Waals surface area contributed by atoms with Gasteiger partial charge in [-0.05, 0) is 62.8 Å². The summed E-state index contributed by atoms with van der Waals surface area (Å²) in [6.07, 6.45) is 1.31. The van der Waals surface area contributed by atoms with Gasteiger partial charge in [-0.1, -0.05) is 95.5 Å². The summed E-state index contributed by atoms with van der Waals surface area (Å²) < 4.78 is 9.90. The van der Waals surface area contributed by atoms with Gasteiger partial charge in [0.1, 0.15) is 11.8 Å². The number of hydrogen-bond acceptors (Lipinski definition) is 10. The molecule has 2 fully saturated rings. The molecule has 3 N–H and O–H groups in total. The number of alkyl halides is 3. The molecule has 2 aliphatic heterocycles. The molecule has 6 atom stereocenters. The zero-order valence-corrected chi connectivity index (χ0v) is 34.6. The average Bonchev–Trinajstić information content (AvgIpc) is 3.41. The van der Waals surface area contributed by atoms with Crippen LogP contribution in [0, 0.1) is 11.8 Å². The van der Waals surface area contributed by atoms with E-state index in [1.165, 1.54) is 0 Å². The lowest BCUT2D eigenvalue weighted by molar-refractivity contribution is -0.182. The molecule has 15 heteroatoms. The number of fused-ring (bicyclic) bond motifs is 3. The third-order valence-corrected chi connectivity index (χ3v) is 10.9. The monoisotopic (exact) mass is 841 g/mol. The first kappa shape index (κ1) is 43.0. The number of nitrogens with zero attached hydrogens (tertiary/aromatic N) is 3. The summed E-state index contributed by atoms with van der Waals surface area (Å²) in [5, 5.41) is 17.9. The molecule has 6 rings (SSSR count). The zero-order chi connectivity index (χ0) is 41.0. The van der Waals surface area contributed by atoms with E-state index in [9.17, 15) is 24.3 Å². The summed E-state index contributed by atoms with van der Waals surface area (Å²) in [5.74, 6) is -3.66. The third-order valence-electron chi connectivity index (χ3n) is 10.6. The Morgan fingerprint density at radius 1 is 1.00 bits per heavy atom. The summed E-state index contributed by atoms with van der Waals surface area (Å²) in [6.45, 7) is 7.69. The van der Waals surface area contributed by atoms with Gasteiger partial charge in [0.05, 0.1) is 18.6 Å². The molecule has 3 aliphatic rings. The van der Waals surface area contributed by atoms with Crippen LogP contribution in [-0.2, 0) is 53.8 Å². The van der Waals surface area contributed by atoms with E-state index in [0.29, 0.717) is 31.7 Å². The number of Topliss-reactive ketones (excluding diaryl/α,β-unsaturated/α-hetero) is 1. The SMILES string of the molecule is CC(C)(C)NC(=O)C1CN(Cc2cccnc2)CCN1C[C@@H](O)C[C@@H](Cc1ccccc1)C(=O)N[C@]12OC(=O)C(OCC(Cl)(Cl)Cl)CC(=O)C1Cc1ccccc12. The van der Waals surface area contributed by atoms with Crippen molar-refractivity contribution in [1.82, 2.24) is 25.4 Å². The predicted molar refractivity (Wildman–Crippen MR) is 216 cm³/mol. The molecule has 2 aromatic carbocycles. The highest BCUT2D eigenvalue weighted by atomic mass is 35.6. The number of rotatable bonds is 13. The maximum Gasteiger partial charge on any atom is 0.338 e. The van der Waals surface area contributed by atoms with Crippen LogP contribution in [0.2, 0.25) is 0 Å². The van der Waals surface area contributed by atoms with Gasteiger partial charge in [-0.15, -0.1) is 0 Å². The number of carbonyl (C=O) groups excluding carboxylic acids is 4. The van der Waals surface area contributed by atoms with Gasteiger partial charge in [-0.25, -0.2) is 4.79 Å². The number of halogens is 3. The summed E-state index contributed by atoms with van der Waals surface area (Å²) >= 11 is 17.7. The molecule has 2 saturated heterocycles. The number of nitrogens with one attached hydrogen (secondary N) is 2. The van der Waals surface area contributed by atoms with Crippen LogP contribution in [0.15, 0.2) is 79.1 Å². The van der Waals surface area contributed by atoms with E-state index >= 15 is 0 Å². The van der Waals surface area contributed by atoms with Crippen molar-refractivity contribution in [2.75, 3.05) is 32.8 Å². The predicted octanol–water partition coefficient (Wildman–Crippen LogP) is 4.51. The molecule has 57 heavy (non-hydrogen) atoms. The van der Waals surface area contributed by atoms with Gasteiger partial charge in [0.25, 0.3) is 0 Å². The largest absolute Gasteiger partial charge is 0.432 e. The van der Waals surface area contributed by atoms with Crippen LogP contribution in [0.5, 0.6) is 0 Å². The average molecular weight is 843 g/mol. The molecular weight excluding hydrogens is 793 g/mol. The van der Waals surface area contributed by atoms with Crippen molar-refractivity contribution in [2.45, 2.75) is 86.3 Å². The highest BCUT2D eigenvalue weighted by Gasteiger charge is 2.58. The number of ether oxygens (including phenoxy) is 2. The van der Waals surface area contributed by atoms with Gasteiger partial charge >= 0.3 is 5.97 Å². The molecule has 0 bridgehead atoms. The molecule has 3 unspecified atom stereocenters. The van der Waals surface area contributed by atoms with Gasteiger partial charge in [0, 0.05) is 68.6 Å². The highest BCUT2D eigenvalue weighted by Crippen LogP contribution is 2.46. The fourth-order valence-electron chi connectivity index (χ4n) is 8.04. The zero-order valence-electron chi connectivity index (χ0n) is 32.3. The van der Waals surface area contributed by atoms with E-state index in [2.05, 4.69) is 20.5 Å². The number of hydrogen-bond donors (Lipinski definition) is 3. The molecule has 306 valence electrons. The summed E-state index contributed by atoms with van der Waals surface area (Å²) in [5.41, 5.74) is 0.829. The van der Waals surface area contributed by atoms with Crippen molar-refractivity contribution in [1.29, 1.82) is 0 Å². The molecule has 0 spiro atoms. The molecule has 12 nitrogen and oxygen atoms in total. The van der Waals surface area contributed by atoms with E-state index in [-0.39, 0.29) is 43.9 Å². The molecule has 0 radical (unpaired) electrons. The summed E-state index contributed by atoms with van der Waals surface area (Å²) in [6, 6.07) is 19.9. The molecule has 0 saturated carbocycles. The van der Waals surface area contributed by atoms with Crippen molar-refractivity contribution < 1.29 is 33.8 Å². The Labute approximate surface area is 348 Å². The van der Waals surface area contributed by atoms with Crippen LogP contribution >= 0.6 is 34.8 Å². The van der Waals surface area contributed by atoms with Crippen molar-refractivity contribution in [2.24, 2.45) is 11.8 Å². The second kappa shape index (κ2) is 18.1. The van der Waals surface area contributed by atoms with Crippen LogP contribution in [0.3, 0.4) is 0 Å². The van der Waals surface area contributed by atoms with Crippen LogP contribution in [0.1, 0.15) is 55.9 Å². The quantitative estimate of drug-likeness (QED) is 0.166. The van der Waals surface area contributed by atoms with Crippen LogP contribution in [0.25, 0.3) is 0 Å². The van der Waals surface area contributed by atoms with E-state index in [0.717, 1.165) is 16.7 Å². The molecular formula is C42H50Cl3N5O7. The molecule has 3 aromatic rings. The number of aromatic nitrogens is 1. The van der Waals surface area contributed by atoms with Crippen molar-refractivity contribution in [3.05, 3.63) is 101 Å². The van der Waals surface area contributed by atoms with Crippen molar-refractivity contribution in [3.63, 3.8) is 0 Å². The second-order valence-electron chi connectivity index (χ2n) is 16.3. The number of β-amino-alcohol motifs (C(OH)–C–C–N with tert-alkyl or cyclic N) is 1. The number of amides is 2. The Morgan fingerprint density at radius 3 is 2.42 bits per heavy atom. The maximum absolute atomic E-state index is 14.7. The normalized spacial score (nSPS) is 24.1. The Bertz CT molecular complexity index is 1890. The minimum absolute atomic E-state index is 0.0174. The molecule has 3 heterocycles. The Kier molecular flexibility index (Phi) is 13.7. The number of pyridine rings is 1. The number of carbonyl (C=O) groups is 4. The number of esters is 1. The first-order chi connectivity index (χ1) is 27.0. The van der Waals surface area contributed by atoms with E-state index < -0.39 is 63.6 Å². The van der Waals surface area contributed by atoms with Gasteiger partial charge in [0.15, 0.2) is 6.10 Å². The molecule has 1 aliphatic carbocycles. The summed E-state index contributed by atoms with van der Waals surface area (Å²) in [7, 11) is 0. The van der Waals surface area contributed by atoms with Gasteiger partial charge in [-0.2, -0.15) is 0 Å². The Hall–Kier alpha value is -3.62. The standard InChI is InChI=1S/C42H50Cl3N5O7/c1-40(2,3)47-38(54)34-25-49(23-28-12-9-15-46-22-28)16-17-50(34)24-31(51)19-30(18-27-10-5-4-6-11-27)37(53)48-42-32-14-8-7-13-29(32)20-33(42)35(52)21-36(39(55)57-42)56-26-41(43,44)45/h4-15,22,30-31,33-34,36,51H,16-21,23-26H2,1-3H3,(H,47,54)(H,48,53)/t30-,31+,33?,34?,36?,42-/m1/s1. The molecule has 2 amide bonds. The number of piperazine rings is 1. The van der Waals surface area contributed by atoms with E-state index in [1.807, 2.05) is 86.5 Å². The van der Waals surface area contributed by atoms with E-state index in [1.54, 1.807) is 18.3 Å². The summed E-state index contributed by atoms with van der Waals surface area (Å²) in [4.78, 5) is 64.5. The van der Waals surface area contributed by atoms with Crippen LogP contribution in [0.4, 0.5) is 0 Å². The van der Waals surface area contributed by atoms with Gasteiger partial charge in [0.2, 0.25) is 21.3 Å². The third kappa shape index (κ3) is 11.1. The van der Waals surface area contributed by atoms with Gasteiger partial charge < -0.3 is 25.2 Å². The van der Waals surface area contributed by atoms with Gasteiger partial charge in [-0.3, -0.25) is 29.2 Å². The lowest BCUT2D eigenvalue weighted by Crippen LogP contribution is -2.62. The number of benzene rings is 2. The minimum atomic E-state index is -1.83. The number of ketones is 1.